The van der Waals surface area contributed by atoms with E-state index in [1.165, 1.54) is 0 Å². The average molecular weight is 305 g/mol. The van der Waals surface area contributed by atoms with Crippen molar-refractivity contribution in [2.45, 2.75) is 35.8 Å². The normalized spacial score (nSPS) is 32.3. The predicted molar refractivity (Wildman–Crippen MR) is 64.8 cm³/mol. The van der Waals surface area contributed by atoms with Crippen LogP contribution >= 0.6 is 11.8 Å². The van der Waals surface area contributed by atoms with Gasteiger partial charge in [0, 0.05) is 11.5 Å². The largest absolute Gasteiger partial charge is 1.00 e. The molecule has 0 aromatic rings. The topological polar surface area (TPSA) is 104 Å². The van der Waals surface area contributed by atoms with Gasteiger partial charge in [0.1, 0.15) is 0 Å². The Bertz CT molecular complexity index is 555. The molecule has 18 heavy (non-hydrogen) atoms. The van der Waals surface area contributed by atoms with Gasteiger partial charge < -0.3 is 4.55 Å². The molecule has 3 unspecified atom stereocenters. The predicted octanol–water partition coefficient (Wildman–Crippen LogP) is -3.03. The molecule has 0 aromatic heterocycles. The number of fused-ring (bicyclic) bond motifs is 1. The van der Waals surface area contributed by atoms with E-state index in [2.05, 4.69) is 4.99 Å². The Morgan fingerprint density at radius 2 is 1.89 bits per heavy atom. The fraction of sp³-hybridized carbons (Fsp3) is 0.875. The van der Waals surface area contributed by atoms with Crippen molar-refractivity contribution in [1.29, 1.82) is 0 Å². The molecule has 98 valence electrons. The number of aliphatic imine (C=N–C) groups is 1. The van der Waals surface area contributed by atoms with Gasteiger partial charge in [0.25, 0.3) is 0 Å². The second-order valence-electron chi connectivity index (χ2n) is 4.32. The van der Waals surface area contributed by atoms with Crippen LogP contribution in [0, 0.1) is 0 Å². The Morgan fingerprint density at radius 1 is 1.28 bits per heavy atom. The third-order valence-electron chi connectivity index (χ3n) is 2.96. The van der Waals surface area contributed by atoms with Crippen molar-refractivity contribution < 1.29 is 40.2 Å². The van der Waals surface area contributed by atoms with Crippen LogP contribution in [0.3, 0.4) is 0 Å². The molecule has 2 rings (SSSR count). The van der Waals surface area contributed by atoms with Gasteiger partial charge in [-0.15, -0.1) is 0 Å². The third-order valence-corrected chi connectivity index (χ3v) is 7.26. The molecule has 1 aliphatic carbocycles. The van der Waals surface area contributed by atoms with Crippen molar-refractivity contribution in [3.8, 4) is 0 Å². The number of hydrogen-bond acceptors (Lipinski definition) is 7. The van der Waals surface area contributed by atoms with Crippen LogP contribution < -0.4 is 18.9 Å². The monoisotopic (exact) mass is 305 g/mol. The summed E-state index contributed by atoms with van der Waals surface area (Å²) in [4.78, 5) is 4.09. The zero-order chi connectivity index (χ0) is 12.8. The minimum Gasteiger partial charge on any atom is -0.748 e. The molecule has 6 nitrogen and oxygen atoms in total. The van der Waals surface area contributed by atoms with Crippen LogP contribution in [0.4, 0.5) is 0 Å². The van der Waals surface area contributed by atoms with E-state index in [0.29, 0.717) is 6.42 Å². The SMILES string of the molecule is CS(=O)(=O)C1=NC2CCC(S(=O)(=O)[O-])CC2S1.[Li+]. The van der Waals surface area contributed by atoms with E-state index in [9.17, 15) is 21.4 Å². The van der Waals surface area contributed by atoms with E-state index >= 15 is 0 Å². The molecule has 1 aliphatic heterocycles. The number of hydrogen-bond donors (Lipinski definition) is 0. The zero-order valence-electron chi connectivity index (χ0n) is 10.1. The maximum Gasteiger partial charge on any atom is 1.00 e. The Labute approximate surface area is 123 Å². The standard InChI is InChI=1S/C8H13NO5S3.Li/c1-16(10,11)8-9-6-3-2-5(17(12,13)14)4-7(6)15-8;/h5-7H,2-4H2,1H3,(H,12,13,14);/q;+1/p-1. The third kappa shape index (κ3) is 3.52. The van der Waals surface area contributed by atoms with Crippen molar-refractivity contribution in [2.24, 2.45) is 4.99 Å². The minimum absolute atomic E-state index is 0. The molecule has 0 spiro atoms. The number of thioether (sulfide) groups is 1. The van der Waals surface area contributed by atoms with Gasteiger partial charge in [0.05, 0.1) is 21.4 Å². The Hall–Kier alpha value is 0.477. The molecule has 3 atom stereocenters. The second-order valence-corrected chi connectivity index (χ2v) is 9.39. The summed E-state index contributed by atoms with van der Waals surface area (Å²) in [6, 6.07) is -0.164. The number of sulfone groups is 1. The van der Waals surface area contributed by atoms with Gasteiger partial charge in [-0.3, -0.25) is 4.99 Å². The summed E-state index contributed by atoms with van der Waals surface area (Å²) >= 11 is 1.08. The maximum absolute atomic E-state index is 11.3. The van der Waals surface area contributed by atoms with Crippen LogP contribution in [0.5, 0.6) is 0 Å². The van der Waals surface area contributed by atoms with Crippen molar-refractivity contribution in [1.82, 2.24) is 0 Å². The first-order chi connectivity index (χ1) is 7.68. The molecule has 2 aliphatic rings. The molecule has 0 saturated heterocycles. The van der Waals surface area contributed by atoms with Crippen molar-refractivity contribution in [2.75, 3.05) is 6.26 Å². The Morgan fingerprint density at radius 3 is 2.39 bits per heavy atom. The molecule has 1 saturated carbocycles. The van der Waals surface area contributed by atoms with E-state index in [4.69, 9.17) is 0 Å². The van der Waals surface area contributed by atoms with Crippen LogP contribution in [0.25, 0.3) is 0 Å². The van der Waals surface area contributed by atoms with Crippen LogP contribution in [-0.4, -0.2) is 48.6 Å². The first-order valence-electron chi connectivity index (χ1n) is 5.07. The van der Waals surface area contributed by atoms with E-state index in [1.54, 1.807) is 0 Å². The summed E-state index contributed by atoms with van der Waals surface area (Å²) in [7, 11) is -7.61. The van der Waals surface area contributed by atoms with Crippen molar-refractivity contribution >= 4 is 36.1 Å². The molecule has 0 radical (unpaired) electrons. The average Bonchev–Trinajstić information content (AvgIpc) is 2.57. The van der Waals surface area contributed by atoms with Gasteiger partial charge in [-0.05, 0) is 19.3 Å². The van der Waals surface area contributed by atoms with E-state index < -0.39 is 25.2 Å². The summed E-state index contributed by atoms with van der Waals surface area (Å²) in [5.41, 5.74) is 0. The minimum atomic E-state index is -4.28. The molecule has 0 amide bonds. The van der Waals surface area contributed by atoms with E-state index in [1.807, 2.05) is 0 Å². The Balaban J connectivity index is 0.00000162. The van der Waals surface area contributed by atoms with Crippen molar-refractivity contribution in [3.63, 3.8) is 0 Å². The van der Waals surface area contributed by atoms with Gasteiger partial charge in [-0.2, -0.15) is 0 Å². The molecule has 1 fully saturated rings. The van der Waals surface area contributed by atoms with Crippen LogP contribution in [0.1, 0.15) is 19.3 Å². The molecule has 0 N–H and O–H groups in total. The zero-order valence-corrected chi connectivity index (χ0v) is 12.5. The molecular weight excluding hydrogens is 293 g/mol. The van der Waals surface area contributed by atoms with Gasteiger partial charge in [0.15, 0.2) is 14.2 Å². The summed E-state index contributed by atoms with van der Waals surface area (Å²) in [5, 5.41) is -1.09. The fourth-order valence-corrected chi connectivity index (χ4v) is 5.62. The molecule has 0 bridgehead atoms. The second kappa shape index (κ2) is 5.46. The summed E-state index contributed by atoms with van der Waals surface area (Å²) in [6.07, 6.45) is 2.01. The molecule has 0 aromatic carbocycles. The Kier molecular flexibility index (Phi) is 5.02. The quantitative estimate of drug-likeness (QED) is 0.377. The smallest absolute Gasteiger partial charge is 0.748 e. The van der Waals surface area contributed by atoms with E-state index in [0.717, 1.165) is 18.0 Å². The van der Waals surface area contributed by atoms with Crippen molar-refractivity contribution in [3.05, 3.63) is 0 Å². The van der Waals surface area contributed by atoms with Crippen LogP contribution in [0.2, 0.25) is 0 Å². The first-order valence-corrected chi connectivity index (χ1v) is 9.31. The molecule has 10 heteroatoms. The van der Waals surface area contributed by atoms with Gasteiger partial charge in [0.2, 0.25) is 0 Å². The van der Waals surface area contributed by atoms with E-state index in [-0.39, 0.29) is 47.4 Å². The first kappa shape index (κ1) is 16.5. The number of rotatable bonds is 1. The summed E-state index contributed by atoms with van der Waals surface area (Å²) in [5.74, 6) is 0. The molecular formula is C8H12LiNO5S3. The summed E-state index contributed by atoms with van der Waals surface area (Å²) < 4.78 is 55.5. The van der Waals surface area contributed by atoms with Gasteiger partial charge in [-0.25, -0.2) is 16.8 Å². The summed E-state index contributed by atoms with van der Waals surface area (Å²) in [6.45, 7) is 0. The number of nitrogens with zero attached hydrogens (tertiary/aromatic N) is 1. The van der Waals surface area contributed by atoms with Gasteiger partial charge >= 0.3 is 18.9 Å². The molecule has 1 heterocycles. The van der Waals surface area contributed by atoms with Crippen LogP contribution in [-0.2, 0) is 20.0 Å². The fourth-order valence-electron chi connectivity index (χ4n) is 2.09. The maximum atomic E-state index is 11.3. The van der Waals surface area contributed by atoms with Gasteiger partial charge in [-0.1, -0.05) is 11.8 Å². The van der Waals surface area contributed by atoms with Crippen LogP contribution in [0.15, 0.2) is 4.99 Å².